The normalized spacial score (nSPS) is 15.3. The summed E-state index contributed by atoms with van der Waals surface area (Å²) in [7, 11) is 0. The molecule has 0 spiro atoms. The highest BCUT2D eigenvalue weighted by molar-refractivity contribution is 8.00. The van der Waals surface area contributed by atoms with E-state index in [0.29, 0.717) is 24.1 Å². The van der Waals surface area contributed by atoms with Crippen molar-refractivity contribution in [3.8, 4) is 5.75 Å². The third kappa shape index (κ3) is 9.56. The molecule has 2 amide bonds. The molecule has 1 saturated heterocycles. The zero-order valence-electron chi connectivity index (χ0n) is 21.2. The largest absolute Gasteiger partial charge is 0.482 e. The number of hydrogen-bond donors (Lipinski definition) is 3. The first-order valence-electron chi connectivity index (χ1n) is 12.1. The molecule has 0 bridgehead atoms. The van der Waals surface area contributed by atoms with Crippen LogP contribution >= 0.6 is 11.8 Å². The molecule has 208 valence electrons. The maximum Gasteiger partial charge on any atom is 0.341 e. The van der Waals surface area contributed by atoms with Gasteiger partial charge in [-0.15, -0.1) is 11.8 Å². The molecule has 1 aliphatic rings. The van der Waals surface area contributed by atoms with Gasteiger partial charge < -0.3 is 25.8 Å². The van der Waals surface area contributed by atoms with Gasteiger partial charge in [0.05, 0.1) is 0 Å². The molecular formula is C26H32F3N3O5S. The summed E-state index contributed by atoms with van der Waals surface area (Å²) >= 11 is 1.30. The van der Waals surface area contributed by atoms with Crippen LogP contribution in [0.15, 0.2) is 36.4 Å². The monoisotopic (exact) mass is 555 g/mol. The van der Waals surface area contributed by atoms with Gasteiger partial charge >= 0.3 is 5.97 Å². The van der Waals surface area contributed by atoms with Gasteiger partial charge in [0.2, 0.25) is 5.91 Å². The van der Waals surface area contributed by atoms with Gasteiger partial charge in [0, 0.05) is 37.4 Å². The molecule has 0 radical (unpaired) electrons. The number of thioether (sulfide) groups is 1. The second-order valence-corrected chi connectivity index (χ2v) is 9.78. The molecule has 8 nitrogen and oxygen atoms in total. The molecule has 0 unspecified atom stereocenters. The van der Waals surface area contributed by atoms with Crippen LogP contribution in [0.3, 0.4) is 0 Å². The molecular weight excluding hydrogens is 523 g/mol. The van der Waals surface area contributed by atoms with Crippen LogP contribution in [0, 0.1) is 17.5 Å². The number of halogens is 3. The Morgan fingerprint density at radius 3 is 2.39 bits per heavy atom. The summed E-state index contributed by atoms with van der Waals surface area (Å²) in [5, 5.41) is 10.6. The van der Waals surface area contributed by atoms with Gasteiger partial charge in [0.15, 0.2) is 23.6 Å². The summed E-state index contributed by atoms with van der Waals surface area (Å²) in [5.74, 6) is -4.37. The number of nitrogens with zero attached hydrogens (tertiary/aromatic N) is 1. The molecule has 2 aromatic rings. The Kier molecular flexibility index (Phi) is 12.4. The van der Waals surface area contributed by atoms with E-state index in [4.69, 9.17) is 15.6 Å². The summed E-state index contributed by atoms with van der Waals surface area (Å²) in [6.45, 7) is 4.31. The maximum absolute atomic E-state index is 13.9. The lowest BCUT2D eigenvalue weighted by atomic mass is 10.0. The Balaban J connectivity index is 0.00000161. The number of benzene rings is 2. The number of amides is 2. The number of nitrogens with one attached hydrogen (secondary N) is 1. The fourth-order valence-corrected chi connectivity index (χ4v) is 4.65. The van der Waals surface area contributed by atoms with Crippen LogP contribution in [0.2, 0.25) is 0 Å². The van der Waals surface area contributed by atoms with E-state index < -0.39 is 47.4 Å². The van der Waals surface area contributed by atoms with Gasteiger partial charge in [-0.3, -0.25) is 9.59 Å². The van der Waals surface area contributed by atoms with E-state index in [0.717, 1.165) is 11.6 Å². The Labute approximate surface area is 223 Å². The number of carbonyl (C=O) groups excluding carboxylic acids is 2. The fraction of sp³-hybridized carbons (Fsp3) is 0.423. The van der Waals surface area contributed by atoms with Crippen LogP contribution in [0.1, 0.15) is 37.8 Å². The standard InChI is InChI=1S/C23H24F3N3O5S.C3H8/c24-17-10-19(26)18(25)8-14(17)7-15(27)9-20(30)29-5-6-35-23(29)22(33)28-11-13-1-3-16(4-2-13)34-12-21(31)32;1-3-2/h1-4,8,10,15,23H,5-7,9,11-12,27H2,(H,28,33)(H,31,32);3H2,1-2H3/t15-,23-;/m1./s1. The van der Waals surface area contributed by atoms with E-state index in [1.165, 1.54) is 23.1 Å². The van der Waals surface area contributed by atoms with Crippen LogP contribution in [0.4, 0.5) is 13.2 Å². The van der Waals surface area contributed by atoms with Crippen molar-refractivity contribution in [1.29, 1.82) is 0 Å². The topological polar surface area (TPSA) is 122 Å². The highest BCUT2D eigenvalue weighted by atomic mass is 32.2. The van der Waals surface area contributed by atoms with E-state index in [1.807, 2.05) is 0 Å². The molecule has 1 fully saturated rings. The molecule has 4 N–H and O–H groups in total. The van der Waals surface area contributed by atoms with Crippen molar-refractivity contribution in [2.24, 2.45) is 5.73 Å². The van der Waals surface area contributed by atoms with Crippen molar-refractivity contribution < 1.29 is 37.4 Å². The van der Waals surface area contributed by atoms with Gasteiger partial charge in [0.1, 0.15) is 11.6 Å². The predicted molar refractivity (Wildman–Crippen MR) is 138 cm³/mol. The van der Waals surface area contributed by atoms with Crippen molar-refractivity contribution >= 4 is 29.5 Å². The molecule has 2 atom stereocenters. The zero-order valence-corrected chi connectivity index (χ0v) is 22.0. The SMILES string of the molecule is CCC.N[C@@H](CC(=O)N1CCS[C@@H]1C(=O)NCc1ccc(OCC(=O)O)cc1)Cc1cc(F)c(F)cc1F. The first-order chi connectivity index (χ1) is 18.0. The zero-order chi connectivity index (χ0) is 28.2. The molecule has 12 heteroatoms. The van der Waals surface area contributed by atoms with E-state index in [9.17, 15) is 27.6 Å². The minimum atomic E-state index is -1.30. The Hall–Kier alpha value is -3.25. The first-order valence-corrected chi connectivity index (χ1v) is 13.1. The number of ether oxygens (including phenoxy) is 1. The van der Waals surface area contributed by atoms with Crippen molar-refractivity contribution in [2.75, 3.05) is 18.9 Å². The Morgan fingerprint density at radius 1 is 1.13 bits per heavy atom. The number of nitrogens with two attached hydrogens (primary N) is 1. The van der Waals surface area contributed by atoms with E-state index in [2.05, 4.69) is 19.2 Å². The number of hydrogen-bond acceptors (Lipinski definition) is 6. The number of rotatable bonds is 10. The number of carbonyl (C=O) groups is 3. The maximum atomic E-state index is 13.9. The smallest absolute Gasteiger partial charge is 0.341 e. The van der Waals surface area contributed by atoms with Crippen LogP contribution in [0.25, 0.3) is 0 Å². The highest BCUT2D eigenvalue weighted by Gasteiger charge is 2.35. The Bertz CT molecular complexity index is 1100. The summed E-state index contributed by atoms with van der Waals surface area (Å²) < 4.78 is 45.4. The fourth-order valence-electron chi connectivity index (χ4n) is 3.48. The van der Waals surface area contributed by atoms with Crippen molar-refractivity contribution in [3.63, 3.8) is 0 Å². The molecule has 2 aromatic carbocycles. The predicted octanol–water partition coefficient (Wildman–Crippen LogP) is 3.46. The van der Waals surface area contributed by atoms with Gasteiger partial charge in [-0.25, -0.2) is 18.0 Å². The molecule has 0 saturated carbocycles. The van der Waals surface area contributed by atoms with Crippen molar-refractivity contribution in [2.45, 2.75) is 51.1 Å². The lowest BCUT2D eigenvalue weighted by Gasteiger charge is -2.24. The first kappa shape index (κ1) is 31.0. The molecule has 38 heavy (non-hydrogen) atoms. The third-order valence-electron chi connectivity index (χ3n) is 5.20. The summed E-state index contributed by atoms with van der Waals surface area (Å²) in [6, 6.07) is 6.84. The summed E-state index contributed by atoms with van der Waals surface area (Å²) in [4.78, 5) is 37.4. The second-order valence-electron chi connectivity index (χ2n) is 8.59. The van der Waals surface area contributed by atoms with E-state index in [-0.39, 0.29) is 30.9 Å². The minimum absolute atomic E-state index is 0.131. The van der Waals surface area contributed by atoms with Crippen molar-refractivity contribution in [3.05, 3.63) is 65.0 Å². The van der Waals surface area contributed by atoms with Crippen LogP contribution in [0.5, 0.6) is 5.75 Å². The average Bonchev–Trinajstić information content (AvgIpc) is 3.36. The number of aliphatic carboxylic acids is 1. The second kappa shape index (κ2) is 15.2. The van der Waals surface area contributed by atoms with Gasteiger partial charge in [-0.05, 0) is 35.7 Å². The van der Waals surface area contributed by atoms with E-state index in [1.54, 1.807) is 24.3 Å². The van der Waals surface area contributed by atoms with Crippen LogP contribution < -0.4 is 15.8 Å². The van der Waals surface area contributed by atoms with Crippen molar-refractivity contribution in [1.82, 2.24) is 10.2 Å². The van der Waals surface area contributed by atoms with Gasteiger partial charge in [-0.1, -0.05) is 32.4 Å². The summed E-state index contributed by atoms with van der Waals surface area (Å²) in [5.41, 5.74) is 6.57. The van der Waals surface area contributed by atoms with Crippen LogP contribution in [-0.4, -0.2) is 58.1 Å². The van der Waals surface area contributed by atoms with Crippen LogP contribution in [-0.2, 0) is 27.3 Å². The quantitative estimate of drug-likeness (QED) is 0.384. The summed E-state index contributed by atoms with van der Waals surface area (Å²) in [6.07, 6.45) is 0.888. The molecule has 0 aromatic heterocycles. The number of carboxylic acid groups (broad SMARTS) is 1. The minimum Gasteiger partial charge on any atom is -0.482 e. The Morgan fingerprint density at radius 2 is 1.76 bits per heavy atom. The molecule has 3 rings (SSSR count). The third-order valence-corrected chi connectivity index (χ3v) is 6.40. The average molecular weight is 556 g/mol. The lowest BCUT2D eigenvalue weighted by molar-refractivity contribution is -0.139. The highest BCUT2D eigenvalue weighted by Crippen LogP contribution is 2.25. The van der Waals surface area contributed by atoms with E-state index >= 15 is 0 Å². The molecule has 1 aliphatic heterocycles. The van der Waals surface area contributed by atoms with Gasteiger partial charge in [0.25, 0.3) is 5.91 Å². The molecule has 0 aliphatic carbocycles. The lowest BCUT2D eigenvalue weighted by Crippen LogP contribution is -2.46. The van der Waals surface area contributed by atoms with Gasteiger partial charge in [-0.2, -0.15) is 0 Å². The number of carboxylic acids is 1. The molecule has 1 heterocycles.